The highest BCUT2D eigenvalue weighted by atomic mass is 19.1. The standard InChI is InChI=1S/C21H22FNO3/c22-18-4-1-15(2-5-18)17-7-9-23(14-17)10-8-19(24)16-3-6-20-21(13-16)26-12-11-25-20/h1-6,13,17H,7-12,14H2. The first kappa shape index (κ1) is 17.0. The van der Waals surface area contributed by atoms with Gasteiger partial charge in [0.15, 0.2) is 17.3 Å². The lowest BCUT2D eigenvalue weighted by Gasteiger charge is -2.19. The van der Waals surface area contributed by atoms with Gasteiger partial charge in [0.2, 0.25) is 0 Å². The number of fused-ring (bicyclic) bond motifs is 1. The maximum atomic E-state index is 13.1. The average molecular weight is 355 g/mol. The summed E-state index contributed by atoms with van der Waals surface area (Å²) < 4.78 is 24.1. The van der Waals surface area contributed by atoms with Gasteiger partial charge in [-0.2, -0.15) is 0 Å². The molecule has 0 amide bonds. The van der Waals surface area contributed by atoms with Gasteiger partial charge in [-0.3, -0.25) is 4.79 Å². The van der Waals surface area contributed by atoms with Crippen molar-refractivity contribution in [1.82, 2.24) is 4.90 Å². The lowest BCUT2D eigenvalue weighted by Crippen LogP contribution is -2.24. The highest BCUT2D eigenvalue weighted by molar-refractivity contribution is 5.96. The van der Waals surface area contributed by atoms with Crippen LogP contribution in [-0.4, -0.2) is 43.5 Å². The van der Waals surface area contributed by atoms with Crippen LogP contribution in [0.4, 0.5) is 4.39 Å². The molecular formula is C21H22FNO3. The van der Waals surface area contributed by atoms with Crippen LogP contribution >= 0.6 is 0 Å². The van der Waals surface area contributed by atoms with E-state index in [2.05, 4.69) is 4.90 Å². The average Bonchev–Trinajstić information content (AvgIpc) is 3.15. The molecule has 0 spiro atoms. The molecule has 0 bridgehead atoms. The van der Waals surface area contributed by atoms with Gasteiger partial charge in [-0.15, -0.1) is 0 Å². The largest absolute Gasteiger partial charge is 0.486 e. The van der Waals surface area contributed by atoms with Crippen LogP contribution in [0, 0.1) is 5.82 Å². The highest BCUT2D eigenvalue weighted by Crippen LogP contribution is 2.31. The van der Waals surface area contributed by atoms with Gasteiger partial charge in [-0.05, 0) is 54.8 Å². The normalized spacial score (nSPS) is 19.5. The van der Waals surface area contributed by atoms with E-state index in [-0.39, 0.29) is 11.6 Å². The topological polar surface area (TPSA) is 38.8 Å². The molecule has 0 aliphatic carbocycles. The molecule has 2 aliphatic heterocycles. The lowest BCUT2D eigenvalue weighted by atomic mass is 9.99. The Morgan fingerprint density at radius 3 is 2.65 bits per heavy atom. The van der Waals surface area contributed by atoms with Crippen molar-refractivity contribution in [2.45, 2.75) is 18.8 Å². The van der Waals surface area contributed by atoms with E-state index in [9.17, 15) is 9.18 Å². The van der Waals surface area contributed by atoms with Crippen LogP contribution in [0.2, 0.25) is 0 Å². The van der Waals surface area contributed by atoms with Crippen LogP contribution in [0.15, 0.2) is 42.5 Å². The Morgan fingerprint density at radius 1 is 1.08 bits per heavy atom. The van der Waals surface area contributed by atoms with E-state index in [0.717, 1.165) is 26.1 Å². The zero-order chi connectivity index (χ0) is 17.9. The molecular weight excluding hydrogens is 333 g/mol. The fourth-order valence-corrected chi connectivity index (χ4v) is 3.66. The van der Waals surface area contributed by atoms with Crippen molar-refractivity contribution in [1.29, 1.82) is 0 Å². The number of hydrogen-bond donors (Lipinski definition) is 0. The predicted molar refractivity (Wildman–Crippen MR) is 96.6 cm³/mol. The van der Waals surface area contributed by atoms with Crippen molar-refractivity contribution < 1.29 is 18.7 Å². The molecule has 2 heterocycles. The fourth-order valence-electron chi connectivity index (χ4n) is 3.66. The number of ketones is 1. The van der Waals surface area contributed by atoms with Crippen LogP contribution in [0.1, 0.15) is 34.7 Å². The van der Waals surface area contributed by atoms with Gasteiger partial charge in [-0.25, -0.2) is 4.39 Å². The summed E-state index contributed by atoms with van der Waals surface area (Å²) in [5.74, 6) is 1.69. The first-order valence-electron chi connectivity index (χ1n) is 9.10. The first-order chi connectivity index (χ1) is 12.7. The third-order valence-corrected chi connectivity index (χ3v) is 5.13. The minimum Gasteiger partial charge on any atom is -0.486 e. The Kier molecular flexibility index (Phi) is 4.89. The molecule has 1 atom stereocenters. The van der Waals surface area contributed by atoms with E-state index in [4.69, 9.17) is 9.47 Å². The van der Waals surface area contributed by atoms with Gasteiger partial charge in [0, 0.05) is 25.1 Å². The number of halogens is 1. The second-order valence-corrected chi connectivity index (χ2v) is 6.87. The summed E-state index contributed by atoms with van der Waals surface area (Å²) in [6, 6.07) is 12.2. The first-order valence-corrected chi connectivity index (χ1v) is 9.10. The Hall–Kier alpha value is -2.40. The molecule has 0 aromatic heterocycles. The summed E-state index contributed by atoms with van der Waals surface area (Å²) in [7, 11) is 0. The molecule has 2 aromatic rings. The van der Waals surface area contributed by atoms with E-state index in [0.29, 0.717) is 42.6 Å². The maximum absolute atomic E-state index is 13.1. The number of rotatable bonds is 5. The second-order valence-electron chi connectivity index (χ2n) is 6.87. The van der Waals surface area contributed by atoms with Gasteiger partial charge in [0.1, 0.15) is 19.0 Å². The SMILES string of the molecule is O=C(CCN1CCC(c2ccc(F)cc2)C1)c1ccc2c(c1)OCCO2. The molecule has 0 saturated carbocycles. The molecule has 5 heteroatoms. The zero-order valence-corrected chi connectivity index (χ0v) is 14.6. The summed E-state index contributed by atoms with van der Waals surface area (Å²) in [6.45, 7) is 3.69. The van der Waals surface area contributed by atoms with Crippen molar-refractivity contribution in [3.05, 3.63) is 59.4 Å². The summed E-state index contributed by atoms with van der Waals surface area (Å²) in [5, 5.41) is 0. The smallest absolute Gasteiger partial charge is 0.164 e. The Labute approximate surface area is 152 Å². The Bertz CT molecular complexity index is 790. The third-order valence-electron chi connectivity index (χ3n) is 5.13. The van der Waals surface area contributed by atoms with Gasteiger partial charge >= 0.3 is 0 Å². The minimum absolute atomic E-state index is 0.118. The van der Waals surface area contributed by atoms with Gasteiger partial charge in [0.05, 0.1) is 0 Å². The van der Waals surface area contributed by atoms with E-state index in [1.165, 1.54) is 17.7 Å². The highest BCUT2D eigenvalue weighted by Gasteiger charge is 2.24. The number of ether oxygens (including phenoxy) is 2. The fraction of sp³-hybridized carbons (Fsp3) is 0.381. The lowest BCUT2D eigenvalue weighted by molar-refractivity contribution is 0.0967. The van der Waals surface area contributed by atoms with Crippen LogP contribution in [0.25, 0.3) is 0 Å². The molecule has 1 fully saturated rings. The van der Waals surface area contributed by atoms with Crippen LogP contribution in [-0.2, 0) is 0 Å². The Morgan fingerprint density at radius 2 is 1.85 bits per heavy atom. The number of benzene rings is 2. The molecule has 2 aromatic carbocycles. The van der Waals surface area contributed by atoms with Crippen molar-refractivity contribution in [2.75, 3.05) is 32.8 Å². The molecule has 4 rings (SSSR count). The van der Waals surface area contributed by atoms with Crippen LogP contribution in [0.3, 0.4) is 0 Å². The van der Waals surface area contributed by atoms with Crippen LogP contribution in [0.5, 0.6) is 11.5 Å². The van der Waals surface area contributed by atoms with Crippen molar-refractivity contribution >= 4 is 5.78 Å². The summed E-state index contributed by atoms with van der Waals surface area (Å²) in [6.07, 6.45) is 1.53. The van der Waals surface area contributed by atoms with Gasteiger partial charge in [-0.1, -0.05) is 12.1 Å². The number of carbonyl (C=O) groups is 1. The quantitative estimate of drug-likeness (QED) is 0.768. The number of likely N-dealkylation sites (tertiary alicyclic amines) is 1. The van der Waals surface area contributed by atoms with Gasteiger partial charge < -0.3 is 14.4 Å². The second kappa shape index (κ2) is 7.46. The zero-order valence-electron chi connectivity index (χ0n) is 14.6. The van der Waals surface area contributed by atoms with E-state index < -0.39 is 0 Å². The molecule has 136 valence electrons. The number of carbonyl (C=O) groups excluding carboxylic acids is 1. The van der Waals surface area contributed by atoms with Crippen molar-refractivity contribution in [3.63, 3.8) is 0 Å². The summed E-state index contributed by atoms with van der Waals surface area (Å²) >= 11 is 0. The minimum atomic E-state index is -0.200. The number of nitrogens with zero attached hydrogens (tertiary/aromatic N) is 1. The van der Waals surface area contributed by atoms with E-state index >= 15 is 0 Å². The van der Waals surface area contributed by atoms with Crippen molar-refractivity contribution in [3.8, 4) is 11.5 Å². The van der Waals surface area contributed by atoms with E-state index in [1.807, 2.05) is 18.2 Å². The maximum Gasteiger partial charge on any atom is 0.164 e. The van der Waals surface area contributed by atoms with Crippen molar-refractivity contribution in [2.24, 2.45) is 0 Å². The molecule has 1 unspecified atom stereocenters. The predicted octanol–water partition coefficient (Wildman–Crippen LogP) is 3.66. The molecule has 1 saturated heterocycles. The van der Waals surface area contributed by atoms with E-state index in [1.54, 1.807) is 12.1 Å². The molecule has 0 N–H and O–H groups in total. The molecule has 0 radical (unpaired) electrons. The molecule has 26 heavy (non-hydrogen) atoms. The Balaban J connectivity index is 1.31. The number of hydrogen-bond acceptors (Lipinski definition) is 4. The van der Waals surface area contributed by atoms with Gasteiger partial charge in [0.25, 0.3) is 0 Å². The molecule has 4 nitrogen and oxygen atoms in total. The summed E-state index contributed by atoms with van der Waals surface area (Å²) in [5.41, 5.74) is 1.84. The van der Waals surface area contributed by atoms with Crippen LogP contribution < -0.4 is 9.47 Å². The summed E-state index contributed by atoms with van der Waals surface area (Å²) in [4.78, 5) is 14.8. The third kappa shape index (κ3) is 3.73. The monoisotopic (exact) mass is 355 g/mol. The molecule has 2 aliphatic rings. The number of Topliss-reactive ketones (excluding diaryl/α,β-unsaturated/α-hetero) is 1.